The van der Waals surface area contributed by atoms with Gasteiger partial charge in [0.25, 0.3) is 0 Å². The van der Waals surface area contributed by atoms with Crippen molar-refractivity contribution in [3.8, 4) is 22.3 Å². The molecule has 0 fully saturated rings. The number of nitrogens with zero attached hydrogens (tertiary/aromatic N) is 2. The van der Waals surface area contributed by atoms with Gasteiger partial charge in [-0.2, -0.15) is 0 Å². The van der Waals surface area contributed by atoms with Gasteiger partial charge in [0.1, 0.15) is 17.5 Å². The van der Waals surface area contributed by atoms with Crippen LogP contribution in [0.1, 0.15) is 61.2 Å². The van der Waals surface area contributed by atoms with E-state index in [1.165, 1.54) is 36.4 Å². The number of hydrogen-bond acceptors (Lipinski definition) is 6. The zero-order chi connectivity index (χ0) is 56.4. The van der Waals surface area contributed by atoms with E-state index in [1.54, 1.807) is 85.5 Å². The van der Waals surface area contributed by atoms with E-state index in [9.17, 15) is 37.6 Å². The van der Waals surface area contributed by atoms with Crippen LogP contribution in [-0.4, -0.2) is 39.0 Å². The first-order valence-corrected chi connectivity index (χ1v) is 26.2. The molecule has 0 saturated heterocycles. The van der Waals surface area contributed by atoms with E-state index in [2.05, 4.69) is 52.8 Å². The molecule has 9 rings (SSSR count). The third kappa shape index (κ3) is 25.2. The molecule has 0 unspecified atom stereocenters. The Bertz CT molecular complexity index is 3380. The average molecular weight is 1240 g/mol. The van der Waals surface area contributed by atoms with Gasteiger partial charge in [-0.1, -0.05) is 163 Å². The highest BCUT2D eigenvalue weighted by molar-refractivity contribution is 9.10. The molecule has 0 aliphatic heterocycles. The number of pyridine rings is 2. The fourth-order valence-corrected chi connectivity index (χ4v) is 7.98. The van der Waals surface area contributed by atoms with Gasteiger partial charge in [0.05, 0.1) is 25.7 Å². The number of carboxylic acid groups (broad SMARTS) is 1. The third-order valence-corrected chi connectivity index (χ3v) is 12.5. The minimum absolute atomic E-state index is 0. The van der Waals surface area contributed by atoms with Crippen LogP contribution in [0, 0.1) is 17.5 Å². The van der Waals surface area contributed by atoms with Gasteiger partial charge < -0.3 is 21.1 Å². The number of amides is 3. The number of carboxylic acids is 1. The van der Waals surface area contributed by atoms with Crippen LogP contribution in [0.4, 0.5) is 13.2 Å². The molecule has 7 aromatic carbocycles. The summed E-state index contributed by atoms with van der Waals surface area (Å²) < 4.78 is 42.1. The molecule has 2 aromatic heterocycles. The number of nitrogens with one attached hydrogen (secondary N) is 3. The van der Waals surface area contributed by atoms with Gasteiger partial charge in [0, 0.05) is 57.8 Å². The Morgan fingerprint density at radius 2 is 0.695 bits per heavy atom. The van der Waals surface area contributed by atoms with Crippen molar-refractivity contribution in [2.24, 2.45) is 0 Å². The second-order valence-electron chi connectivity index (χ2n) is 17.7. The van der Waals surface area contributed by atoms with E-state index < -0.39 is 5.97 Å². The molecular formula is C66H67Br2F3N5O6+. The number of aromatic nitrogens is 2. The lowest BCUT2D eigenvalue weighted by Crippen LogP contribution is -2.27. The largest absolute Gasteiger partial charge is 0.481 e. The van der Waals surface area contributed by atoms with E-state index in [0.29, 0.717) is 32.5 Å². The zero-order valence-corrected chi connectivity index (χ0v) is 45.7. The maximum absolute atomic E-state index is 13.1. The molecule has 16 heteroatoms. The number of carbonyl (C=O) groups excluding carboxylic acids is 3. The molecule has 0 spiro atoms. The van der Waals surface area contributed by atoms with Crippen molar-refractivity contribution < 1.29 is 47.4 Å². The first-order valence-electron chi connectivity index (χ1n) is 24.7. The fraction of sp³-hybridized carbons (Fsp3) is 0.152. The molecule has 426 valence electrons. The van der Waals surface area contributed by atoms with E-state index in [-0.39, 0.29) is 70.3 Å². The summed E-state index contributed by atoms with van der Waals surface area (Å²) in [5.74, 6) is -1.98. The van der Waals surface area contributed by atoms with Crippen molar-refractivity contribution in [2.75, 3.05) is 0 Å². The lowest BCUT2D eigenvalue weighted by Gasteiger charge is -2.07. The third-order valence-electron chi connectivity index (χ3n) is 11.5. The van der Waals surface area contributed by atoms with Crippen LogP contribution >= 0.6 is 31.9 Å². The normalized spacial score (nSPS) is 9.87. The molecule has 2 heterocycles. The number of benzene rings is 7. The molecule has 0 bridgehead atoms. The van der Waals surface area contributed by atoms with Crippen LogP contribution in [0.25, 0.3) is 22.3 Å². The fourth-order valence-electron chi connectivity index (χ4n) is 7.45. The molecule has 0 atom stereocenters. The van der Waals surface area contributed by atoms with Crippen molar-refractivity contribution >= 4 is 55.6 Å². The standard InChI is InChI=1S/C20H17FN2O2.C20H17FN2O.C15H13BrFNO.C8H7BrO2.3CH4/c21-19-3-1-2-16(12-19)14-22-20(24)13-15-4-6-17(7-5-15)18-8-10-23(25)11-9-18;21-19-3-1-2-16(12-19)14-23-20(24)13-15-4-6-17(7-5-15)18-8-10-22-11-9-18;16-13-6-4-11(5-7-13)9-15(19)18-10-12-2-1-3-14(17)8-12;9-7-3-1-6(2-4-7)5-8(10)11;;;/h1-12H,13-14H2,(H-,22,24,25);1-12H,13-14H2,(H,23,24);1-8H,9-10H2,(H,18,19);1-4H,5H2,(H,10,11);3*1H4/p+1. The Morgan fingerprint density at radius 1 is 0.402 bits per heavy atom. The second-order valence-corrected chi connectivity index (χ2v) is 19.5. The first-order chi connectivity index (χ1) is 38.1. The van der Waals surface area contributed by atoms with Gasteiger partial charge in [-0.3, -0.25) is 29.4 Å². The van der Waals surface area contributed by atoms with Crippen molar-refractivity contribution in [3.63, 3.8) is 0 Å². The van der Waals surface area contributed by atoms with Crippen LogP contribution in [0.5, 0.6) is 0 Å². The molecule has 11 nitrogen and oxygen atoms in total. The smallest absolute Gasteiger partial charge is 0.307 e. The van der Waals surface area contributed by atoms with E-state index >= 15 is 0 Å². The summed E-state index contributed by atoms with van der Waals surface area (Å²) >= 11 is 6.61. The Hall–Kier alpha value is -8.73. The van der Waals surface area contributed by atoms with Crippen LogP contribution in [-0.2, 0) is 64.5 Å². The number of halogens is 5. The van der Waals surface area contributed by atoms with E-state index in [0.717, 1.165) is 74.9 Å². The summed E-state index contributed by atoms with van der Waals surface area (Å²) in [6.07, 6.45) is 7.60. The van der Waals surface area contributed by atoms with Crippen LogP contribution in [0.3, 0.4) is 0 Å². The molecule has 9 aromatic rings. The highest BCUT2D eigenvalue weighted by Gasteiger charge is 2.09. The van der Waals surface area contributed by atoms with Crippen molar-refractivity contribution in [3.05, 3.63) is 284 Å². The average Bonchev–Trinajstić information content (AvgIpc) is 3.44. The van der Waals surface area contributed by atoms with Gasteiger partial charge in [-0.05, 0) is 134 Å². The van der Waals surface area contributed by atoms with Gasteiger partial charge in [-0.15, -0.1) is 0 Å². The summed E-state index contributed by atoms with van der Waals surface area (Å²) in [4.78, 5) is 50.0. The Morgan fingerprint density at radius 3 is 1.01 bits per heavy atom. The predicted molar refractivity (Wildman–Crippen MR) is 325 cm³/mol. The summed E-state index contributed by atoms with van der Waals surface area (Å²) in [5.41, 5.74) is 9.98. The second kappa shape index (κ2) is 35.8. The van der Waals surface area contributed by atoms with Crippen molar-refractivity contribution in [1.82, 2.24) is 20.9 Å². The van der Waals surface area contributed by atoms with Gasteiger partial charge >= 0.3 is 5.97 Å². The van der Waals surface area contributed by atoms with Crippen LogP contribution in [0.2, 0.25) is 0 Å². The topological polar surface area (TPSA) is 162 Å². The lowest BCUT2D eigenvalue weighted by atomic mass is 10.0. The molecule has 0 saturated carbocycles. The number of carbonyl (C=O) groups is 4. The maximum Gasteiger partial charge on any atom is 0.307 e. The summed E-state index contributed by atoms with van der Waals surface area (Å²) in [7, 11) is 0. The molecule has 5 N–H and O–H groups in total. The molecule has 0 aliphatic carbocycles. The monoisotopic (exact) mass is 1240 g/mol. The highest BCUT2D eigenvalue weighted by atomic mass is 79.9. The number of hydrogen-bond donors (Lipinski definition) is 5. The van der Waals surface area contributed by atoms with Gasteiger partial charge in [0.2, 0.25) is 30.1 Å². The minimum atomic E-state index is -0.799. The molecule has 0 aliphatic rings. The molecule has 82 heavy (non-hydrogen) atoms. The van der Waals surface area contributed by atoms with Gasteiger partial charge in [-0.25, -0.2) is 13.2 Å². The Balaban J connectivity index is 0.000000293. The molecular weight excluding hydrogens is 1180 g/mol. The van der Waals surface area contributed by atoms with E-state index in [4.69, 9.17) is 5.11 Å². The van der Waals surface area contributed by atoms with Gasteiger partial charge in [0.15, 0.2) is 0 Å². The number of aliphatic carboxylic acids is 1. The summed E-state index contributed by atoms with van der Waals surface area (Å²) in [5, 5.41) is 26.0. The Labute approximate surface area is 495 Å². The molecule has 3 amide bonds. The SMILES string of the molecule is C.C.C.O=C(Cc1ccc(-c2cc[n+](O)cc2)cc1)NCc1cccc(F)c1.O=C(Cc1ccc(-c2ccncc2)cc1)NCc1cccc(F)c1.O=C(Cc1ccc(Br)cc1)NCc1cccc(F)c1.O=C(O)Cc1ccc(Br)cc1. The summed E-state index contributed by atoms with van der Waals surface area (Å²) in [6, 6.07) is 56.5. The predicted octanol–water partition coefficient (Wildman–Crippen LogP) is 14.1. The lowest BCUT2D eigenvalue weighted by molar-refractivity contribution is -0.904. The highest BCUT2D eigenvalue weighted by Crippen LogP contribution is 2.21. The van der Waals surface area contributed by atoms with Crippen LogP contribution in [0.15, 0.2) is 228 Å². The first kappa shape index (κ1) is 67.5. The molecule has 0 radical (unpaired) electrons. The van der Waals surface area contributed by atoms with Crippen molar-refractivity contribution in [2.45, 2.75) is 67.6 Å². The van der Waals surface area contributed by atoms with Crippen LogP contribution < -0.4 is 20.7 Å². The Kier molecular flexibility index (Phi) is 29.5. The minimum Gasteiger partial charge on any atom is -0.481 e. The maximum atomic E-state index is 13.1. The quantitative estimate of drug-likeness (QED) is 0.0475. The zero-order valence-electron chi connectivity index (χ0n) is 42.5. The van der Waals surface area contributed by atoms with Crippen molar-refractivity contribution in [1.29, 1.82) is 0 Å². The summed E-state index contributed by atoms with van der Waals surface area (Å²) in [6.45, 7) is 0.971. The number of rotatable bonds is 16. The van der Waals surface area contributed by atoms with E-state index in [1.807, 2.05) is 97.1 Å².